The van der Waals surface area contributed by atoms with Gasteiger partial charge in [-0.05, 0) is 32.1 Å². The minimum absolute atomic E-state index is 0.241. The molecule has 12 N–H and O–H groups in total. The summed E-state index contributed by atoms with van der Waals surface area (Å²) >= 11 is 0. The van der Waals surface area contributed by atoms with Crippen molar-refractivity contribution >= 4 is 5.91 Å². The molecule has 3 heterocycles. The smallest absolute Gasteiger partial charge is 0.220 e. The number of hydrogen-bond donors (Lipinski definition) is 12. The first-order valence-electron chi connectivity index (χ1n) is 40.1. The van der Waals surface area contributed by atoms with E-state index in [-0.39, 0.29) is 18.9 Å². The summed E-state index contributed by atoms with van der Waals surface area (Å²) in [5.74, 6) is -0.277. The van der Waals surface area contributed by atoms with E-state index < -0.39 is 124 Å². The maximum atomic E-state index is 13.5. The molecule has 0 aromatic heterocycles. The molecule has 0 spiro atoms. The first-order valence-corrected chi connectivity index (χ1v) is 40.1. The van der Waals surface area contributed by atoms with Crippen LogP contribution in [0, 0.1) is 0 Å². The lowest BCUT2D eigenvalue weighted by Gasteiger charge is -2.48. The average Bonchev–Trinajstić information content (AvgIpc) is 0.790. The number of carbonyl (C=O) groups is 1. The van der Waals surface area contributed by atoms with Crippen LogP contribution in [0.4, 0.5) is 0 Å². The van der Waals surface area contributed by atoms with Gasteiger partial charge in [0.05, 0.1) is 38.6 Å². The molecule has 17 unspecified atom stereocenters. The van der Waals surface area contributed by atoms with Crippen molar-refractivity contribution in [3.63, 3.8) is 0 Å². The zero-order chi connectivity index (χ0) is 70.4. The highest BCUT2D eigenvalue weighted by Gasteiger charge is 2.54. The van der Waals surface area contributed by atoms with Crippen LogP contribution in [0.1, 0.15) is 335 Å². The topological polar surface area (TPSA) is 307 Å². The summed E-state index contributed by atoms with van der Waals surface area (Å²) in [4.78, 5) is 13.5. The minimum atomic E-state index is -1.98. The zero-order valence-corrected chi connectivity index (χ0v) is 61.1. The van der Waals surface area contributed by atoms with Gasteiger partial charge in [0.15, 0.2) is 18.9 Å². The Morgan fingerprint density at radius 3 is 1.03 bits per heavy atom. The van der Waals surface area contributed by atoms with Crippen molar-refractivity contribution in [2.24, 2.45) is 0 Å². The summed E-state index contributed by atoms with van der Waals surface area (Å²) in [6.07, 6.45) is 44.6. The summed E-state index contributed by atoms with van der Waals surface area (Å²) in [7, 11) is 0. The summed E-state index contributed by atoms with van der Waals surface area (Å²) in [5.41, 5.74) is 0. The number of ether oxygens (including phenoxy) is 6. The van der Waals surface area contributed by atoms with Crippen LogP contribution in [0.25, 0.3) is 0 Å². The molecule has 0 bridgehead atoms. The van der Waals surface area contributed by atoms with Crippen LogP contribution in [-0.2, 0) is 33.2 Å². The second-order valence-electron chi connectivity index (χ2n) is 28.9. The molecule has 0 saturated carbocycles. The number of carbonyl (C=O) groups excluding carboxylic acids is 1. The van der Waals surface area contributed by atoms with Crippen molar-refractivity contribution in [1.29, 1.82) is 0 Å². The summed E-state index contributed by atoms with van der Waals surface area (Å²) in [5, 5.41) is 121. The highest BCUT2D eigenvalue weighted by Crippen LogP contribution is 2.33. The van der Waals surface area contributed by atoms with Gasteiger partial charge >= 0.3 is 0 Å². The molecule has 0 aromatic carbocycles. The third-order valence-corrected chi connectivity index (χ3v) is 20.3. The van der Waals surface area contributed by atoms with Crippen LogP contribution in [0.3, 0.4) is 0 Å². The number of hydrogen-bond acceptors (Lipinski definition) is 18. The normalized spacial score (nSPS) is 27.0. The molecule has 19 nitrogen and oxygen atoms in total. The van der Waals surface area contributed by atoms with Crippen LogP contribution >= 0.6 is 0 Å². The van der Waals surface area contributed by atoms with Gasteiger partial charge in [-0.3, -0.25) is 4.79 Å². The van der Waals surface area contributed by atoms with Crippen LogP contribution in [0.15, 0.2) is 24.3 Å². The highest BCUT2D eigenvalue weighted by molar-refractivity contribution is 5.76. The largest absolute Gasteiger partial charge is 0.394 e. The van der Waals surface area contributed by atoms with Gasteiger partial charge in [-0.15, -0.1) is 0 Å². The minimum Gasteiger partial charge on any atom is -0.394 e. The predicted molar refractivity (Wildman–Crippen MR) is 383 cm³/mol. The molecular formula is C78H147NO18. The summed E-state index contributed by atoms with van der Waals surface area (Å²) in [6, 6.07) is -0.988. The summed E-state index contributed by atoms with van der Waals surface area (Å²) < 4.78 is 34.4. The molecule has 3 aliphatic rings. The van der Waals surface area contributed by atoms with E-state index in [2.05, 4.69) is 31.3 Å². The second kappa shape index (κ2) is 59.6. The fourth-order valence-corrected chi connectivity index (χ4v) is 13.8. The quantitative estimate of drug-likeness (QED) is 0.0199. The lowest BCUT2D eigenvalue weighted by molar-refractivity contribution is -0.379. The van der Waals surface area contributed by atoms with E-state index in [9.17, 15) is 61.0 Å². The Morgan fingerprint density at radius 1 is 0.361 bits per heavy atom. The first-order chi connectivity index (χ1) is 47.3. The van der Waals surface area contributed by atoms with Crippen molar-refractivity contribution in [1.82, 2.24) is 5.32 Å². The summed E-state index contributed by atoms with van der Waals surface area (Å²) in [6.45, 7) is 1.78. The van der Waals surface area contributed by atoms with Crippen molar-refractivity contribution in [3.05, 3.63) is 24.3 Å². The Labute approximate surface area is 588 Å². The second-order valence-corrected chi connectivity index (χ2v) is 28.9. The monoisotopic (exact) mass is 1390 g/mol. The van der Waals surface area contributed by atoms with E-state index in [0.29, 0.717) is 12.8 Å². The Kier molecular flexibility index (Phi) is 55.0. The number of nitrogens with one attached hydrogen (secondary N) is 1. The molecule has 3 aliphatic heterocycles. The van der Waals surface area contributed by atoms with Crippen LogP contribution in [0.2, 0.25) is 0 Å². The molecule has 572 valence electrons. The van der Waals surface area contributed by atoms with Crippen molar-refractivity contribution in [3.8, 4) is 0 Å². The number of aliphatic hydroxyl groups excluding tert-OH is 11. The molecule has 17 atom stereocenters. The van der Waals surface area contributed by atoms with E-state index in [1.54, 1.807) is 6.08 Å². The van der Waals surface area contributed by atoms with Gasteiger partial charge in [-0.1, -0.05) is 321 Å². The van der Waals surface area contributed by atoms with E-state index >= 15 is 0 Å². The van der Waals surface area contributed by atoms with Crippen LogP contribution in [-0.4, -0.2) is 193 Å². The molecule has 3 rings (SSSR count). The third kappa shape index (κ3) is 40.2. The molecular weight excluding hydrogens is 1240 g/mol. The highest BCUT2D eigenvalue weighted by atomic mass is 16.8. The van der Waals surface area contributed by atoms with Gasteiger partial charge in [0.2, 0.25) is 5.91 Å². The van der Waals surface area contributed by atoms with Gasteiger partial charge in [0.1, 0.15) is 73.2 Å². The average molecular weight is 1390 g/mol. The Morgan fingerprint density at radius 2 is 0.660 bits per heavy atom. The SMILES string of the molecule is CCCCCCCCCCCCCCCCCCCCC/C=C/CC/C=C/C(O)C(COC1OC(CO)C(OC2OC(CO)C(OC3OC(CO)C(O)C(O)C3O)C(O)C2O)C(O)C1O)NC(=O)CCCCCCCCCCCCCCCCCCCCCCCCCCCCC. The van der Waals surface area contributed by atoms with Crippen LogP contribution < -0.4 is 5.32 Å². The number of amides is 1. The molecule has 3 saturated heterocycles. The molecule has 3 fully saturated rings. The van der Waals surface area contributed by atoms with Crippen molar-refractivity contribution in [2.75, 3.05) is 26.4 Å². The van der Waals surface area contributed by atoms with Gasteiger partial charge in [0.25, 0.3) is 0 Å². The maximum absolute atomic E-state index is 13.5. The van der Waals surface area contributed by atoms with Crippen LogP contribution in [0.5, 0.6) is 0 Å². The number of unbranched alkanes of at least 4 members (excludes halogenated alkanes) is 46. The van der Waals surface area contributed by atoms with Gasteiger partial charge in [-0.25, -0.2) is 0 Å². The lowest BCUT2D eigenvalue weighted by atomic mass is 9.96. The number of aliphatic hydroxyl groups is 11. The molecule has 97 heavy (non-hydrogen) atoms. The van der Waals surface area contributed by atoms with Crippen molar-refractivity contribution in [2.45, 2.75) is 439 Å². The number of rotatable bonds is 64. The van der Waals surface area contributed by atoms with E-state index in [4.69, 9.17) is 28.4 Å². The van der Waals surface area contributed by atoms with E-state index in [1.165, 1.54) is 263 Å². The fourth-order valence-electron chi connectivity index (χ4n) is 13.8. The Balaban J connectivity index is 1.39. The van der Waals surface area contributed by atoms with Gasteiger partial charge < -0.3 is 89.9 Å². The Bertz CT molecular complexity index is 1850. The standard InChI is InChI=1S/C78H147NO18/c1-3-5-7-9-11-13-15-17-19-21-23-25-27-29-30-32-34-36-38-40-42-44-46-48-50-52-54-56-66(84)79-61(62(83)55-53-51-49-47-45-43-41-39-37-35-33-31-28-26-24-22-20-18-16-14-12-10-8-6-4-2)60-92-76-72(90)69(87)74(64(58-81)94-76)97-78-73(91)70(88)75(65(59-82)95-78)96-77-71(89)68(86)67(85)63(57-80)93-77/h45,47,53,55,61-65,67-78,80-83,85-91H,3-44,46,48-52,54,56-60H2,1-2H3,(H,79,84)/b47-45+,55-53+. The van der Waals surface area contributed by atoms with Gasteiger partial charge in [-0.2, -0.15) is 0 Å². The lowest BCUT2D eigenvalue weighted by Crippen LogP contribution is -2.66. The maximum Gasteiger partial charge on any atom is 0.220 e. The predicted octanol–water partition coefficient (Wildman–Crippen LogP) is 13.0. The fraction of sp³-hybridized carbons (Fsp3) is 0.936. The molecule has 0 aromatic rings. The Hall–Kier alpha value is -1.73. The number of allylic oxidation sites excluding steroid dienone is 3. The van der Waals surface area contributed by atoms with Gasteiger partial charge in [0, 0.05) is 6.42 Å². The van der Waals surface area contributed by atoms with E-state index in [0.717, 1.165) is 38.5 Å². The zero-order valence-electron chi connectivity index (χ0n) is 61.1. The molecule has 0 aliphatic carbocycles. The first kappa shape index (κ1) is 89.5. The van der Waals surface area contributed by atoms with E-state index in [1.807, 2.05) is 6.08 Å². The third-order valence-electron chi connectivity index (χ3n) is 20.3. The molecule has 0 radical (unpaired) electrons. The molecule has 19 heteroatoms. The van der Waals surface area contributed by atoms with Crippen molar-refractivity contribution < 1.29 is 89.4 Å². The molecule has 1 amide bonds.